The quantitative estimate of drug-likeness (QED) is 0.715. The van der Waals surface area contributed by atoms with Crippen LogP contribution in [0.2, 0.25) is 0 Å². The number of rotatable bonds is 5. The summed E-state index contributed by atoms with van der Waals surface area (Å²) in [5, 5.41) is 4.00. The number of nitrogen functional groups attached to an aromatic ring is 1. The fourth-order valence-corrected chi connectivity index (χ4v) is 1.97. The fourth-order valence-electron chi connectivity index (χ4n) is 1.97. The SMILES string of the molecule is CC(C)Cc1c(N)on[n+]1CCc1ccccc1.[Cl-]. The number of benzene rings is 1. The highest BCUT2D eigenvalue weighted by Crippen LogP contribution is 2.11. The van der Waals surface area contributed by atoms with E-state index in [-0.39, 0.29) is 12.4 Å². The minimum absolute atomic E-state index is 0. The van der Waals surface area contributed by atoms with Crippen molar-refractivity contribution in [2.24, 2.45) is 5.92 Å². The molecule has 1 heterocycles. The molecule has 2 N–H and O–H groups in total. The molecule has 2 rings (SSSR count). The summed E-state index contributed by atoms with van der Waals surface area (Å²) in [5.74, 6) is 0.978. The van der Waals surface area contributed by atoms with Crippen LogP contribution in [0.25, 0.3) is 0 Å². The van der Waals surface area contributed by atoms with Crippen LogP contribution in [0.15, 0.2) is 34.9 Å². The minimum Gasteiger partial charge on any atom is -1.00 e. The van der Waals surface area contributed by atoms with Gasteiger partial charge in [0.15, 0.2) is 6.54 Å². The standard InChI is InChI=1S/C14H20N3O.ClH/c1-11(2)10-13-14(15)18-16-17(13)9-8-12-6-4-3-5-7-12;/h3-7,11H,8-10,15H2,1-2H3;1H/q+1;/p-1. The van der Waals surface area contributed by atoms with Gasteiger partial charge in [-0.15, -0.1) is 0 Å². The molecule has 0 radical (unpaired) electrons. The molecule has 2 aromatic rings. The lowest BCUT2D eigenvalue weighted by Gasteiger charge is -1.99. The second-order valence-corrected chi connectivity index (χ2v) is 4.94. The summed E-state index contributed by atoms with van der Waals surface area (Å²) in [5.41, 5.74) is 8.10. The molecule has 104 valence electrons. The van der Waals surface area contributed by atoms with Crippen molar-refractivity contribution in [2.75, 3.05) is 5.73 Å². The average Bonchev–Trinajstić information content (AvgIpc) is 2.69. The van der Waals surface area contributed by atoms with Crippen LogP contribution in [0.3, 0.4) is 0 Å². The van der Waals surface area contributed by atoms with Crippen LogP contribution in [-0.2, 0) is 19.4 Å². The van der Waals surface area contributed by atoms with Crippen LogP contribution in [0.1, 0.15) is 25.1 Å². The van der Waals surface area contributed by atoms with Gasteiger partial charge < -0.3 is 18.1 Å². The highest BCUT2D eigenvalue weighted by atomic mass is 35.5. The van der Waals surface area contributed by atoms with Crippen molar-refractivity contribution in [3.05, 3.63) is 41.6 Å². The average molecular weight is 282 g/mol. The molecule has 0 unspecified atom stereocenters. The number of nitrogens with two attached hydrogens (primary N) is 1. The van der Waals surface area contributed by atoms with Gasteiger partial charge in [-0.25, -0.2) is 0 Å². The van der Waals surface area contributed by atoms with E-state index in [0.29, 0.717) is 11.8 Å². The fraction of sp³-hybridized carbons (Fsp3) is 0.429. The smallest absolute Gasteiger partial charge is 0.296 e. The van der Waals surface area contributed by atoms with Crippen LogP contribution in [-0.4, -0.2) is 5.27 Å². The number of hydrogen-bond acceptors (Lipinski definition) is 3. The van der Waals surface area contributed by atoms with Gasteiger partial charge in [0.2, 0.25) is 5.27 Å². The summed E-state index contributed by atoms with van der Waals surface area (Å²) in [6.45, 7) is 5.12. The summed E-state index contributed by atoms with van der Waals surface area (Å²) in [4.78, 5) is 0. The van der Waals surface area contributed by atoms with E-state index >= 15 is 0 Å². The van der Waals surface area contributed by atoms with E-state index in [4.69, 9.17) is 10.3 Å². The molecule has 0 aliphatic rings. The van der Waals surface area contributed by atoms with E-state index in [1.165, 1.54) is 5.56 Å². The Balaban J connectivity index is 0.00000180. The first-order valence-corrected chi connectivity index (χ1v) is 6.35. The molecule has 19 heavy (non-hydrogen) atoms. The number of hydrogen-bond donors (Lipinski definition) is 1. The molecule has 0 fully saturated rings. The third kappa shape index (κ3) is 4.24. The van der Waals surface area contributed by atoms with Gasteiger partial charge in [0.25, 0.3) is 11.6 Å². The molecule has 1 aromatic carbocycles. The van der Waals surface area contributed by atoms with E-state index in [2.05, 4.69) is 31.3 Å². The molecule has 0 amide bonds. The molecule has 0 saturated carbocycles. The summed E-state index contributed by atoms with van der Waals surface area (Å²) >= 11 is 0. The van der Waals surface area contributed by atoms with E-state index in [9.17, 15) is 0 Å². The first-order chi connectivity index (χ1) is 8.66. The summed E-state index contributed by atoms with van der Waals surface area (Å²) in [6.07, 6.45) is 1.83. The molecule has 1 aromatic heterocycles. The van der Waals surface area contributed by atoms with Crippen molar-refractivity contribution in [1.29, 1.82) is 0 Å². The van der Waals surface area contributed by atoms with E-state index in [1.54, 1.807) is 0 Å². The van der Waals surface area contributed by atoms with E-state index in [0.717, 1.165) is 25.1 Å². The van der Waals surface area contributed by atoms with Gasteiger partial charge in [0.05, 0.1) is 0 Å². The van der Waals surface area contributed by atoms with Gasteiger partial charge in [-0.2, -0.15) is 0 Å². The van der Waals surface area contributed by atoms with Crippen molar-refractivity contribution in [1.82, 2.24) is 5.27 Å². The number of aryl methyl sites for hydroxylation is 2. The zero-order valence-electron chi connectivity index (χ0n) is 11.3. The van der Waals surface area contributed by atoms with Gasteiger partial charge >= 0.3 is 0 Å². The Kier molecular flexibility index (Phi) is 5.83. The number of halogens is 1. The number of anilines is 1. The Labute approximate surface area is 120 Å². The van der Waals surface area contributed by atoms with Gasteiger partial charge in [0, 0.05) is 12.8 Å². The summed E-state index contributed by atoms with van der Waals surface area (Å²) in [7, 11) is 0. The van der Waals surface area contributed by atoms with Crippen LogP contribution in [0.5, 0.6) is 0 Å². The van der Waals surface area contributed by atoms with E-state index in [1.807, 2.05) is 22.9 Å². The first kappa shape index (κ1) is 15.5. The normalized spacial score (nSPS) is 10.5. The molecule has 0 saturated heterocycles. The first-order valence-electron chi connectivity index (χ1n) is 6.35. The maximum absolute atomic E-state index is 5.81. The number of aromatic nitrogens is 2. The topological polar surface area (TPSA) is 55.9 Å². The van der Waals surface area contributed by atoms with Crippen LogP contribution in [0.4, 0.5) is 5.88 Å². The predicted octanol–water partition coefficient (Wildman–Crippen LogP) is -1.01. The largest absolute Gasteiger partial charge is 1.00 e. The van der Waals surface area contributed by atoms with E-state index < -0.39 is 0 Å². The second kappa shape index (κ2) is 7.14. The molecule has 4 nitrogen and oxygen atoms in total. The van der Waals surface area contributed by atoms with Crippen molar-refractivity contribution in [2.45, 2.75) is 33.2 Å². The molecular formula is C14H20ClN3O. The maximum Gasteiger partial charge on any atom is 0.296 e. The Hall–Kier alpha value is -1.55. The van der Waals surface area contributed by atoms with Crippen molar-refractivity contribution in [3.63, 3.8) is 0 Å². The second-order valence-electron chi connectivity index (χ2n) is 4.94. The van der Waals surface area contributed by atoms with Crippen LogP contribution in [0, 0.1) is 5.92 Å². The molecule has 0 bridgehead atoms. The highest BCUT2D eigenvalue weighted by molar-refractivity contribution is 5.25. The predicted molar refractivity (Wildman–Crippen MR) is 69.8 cm³/mol. The van der Waals surface area contributed by atoms with Crippen molar-refractivity contribution >= 4 is 5.88 Å². The third-order valence-electron chi connectivity index (χ3n) is 2.89. The lowest BCUT2D eigenvalue weighted by atomic mass is 10.1. The van der Waals surface area contributed by atoms with Gasteiger partial charge in [-0.3, -0.25) is 4.52 Å². The molecular weight excluding hydrogens is 262 g/mol. The summed E-state index contributed by atoms with van der Waals surface area (Å²) < 4.78 is 6.95. The van der Waals surface area contributed by atoms with Crippen molar-refractivity contribution in [3.8, 4) is 0 Å². The Bertz CT molecular complexity index is 497. The van der Waals surface area contributed by atoms with Gasteiger partial charge in [-0.1, -0.05) is 44.2 Å². The van der Waals surface area contributed by atoms with Gasteiger partial charge in [0.1, 0.15) is 0 Å². The third-order valence-corrected chi connectivity index (χ3v) is 2.89. The van der Waals surface area contributed by atoms with Gasteiger partial charge in [-0.05, 0) is 16.2 Å². The Morgan fingerprint density at radius 3 is 2.58 bits per heavy atom. The van der Waals surface area contributed by atoms with Crippen LogP contribution >= 0.6 is 0 Å². The summed E-state index contributed by atoms with van der Waals surface area (Å²) in [6, 6.07) is 10.4. The minimum atomic E-state index is 0. The lowest BCUT2D eigenvalue weighted by Crippen LogP contribution is -3.00. The molecule has 0 atom stereocenters. The monoisotopic (exact) mass is 281 g/mol. The zero-order chi connectivity index (χ0) is 13.0. The van der Waals surface area contributed by atoms with Crippen LogP contribution < -0.4 is 22.8 Å². The Morgan fingerprint density at radius 2 is 1.95 bits per heavy atom. The molecule has 0 aliphatic heterocycles. The zero-order valence-corrected chi connectivity index (χ0v) is 12.1. The lowest BCUT2D eigenvalue weighted by molar-refractivity contribution is -0.767. The number of nitrogens with zero attached hydrogens (tertiary/aromatic N) is 2. The molecule has 5 heteroatoms. The molecule has 0 spiro atoms. The van der Waals surface area contributed by atoms with Crippen molar-refractivity contribution < 1.29 is 21.6 Å². The Morgan fingerprint density at radius 1 is 1.26 bits per heavy atom. The highest BCUT2D eigenvalue weighted by Gasteiger charge is 2.22. The molecule has 0 aliphatic carbocycles. The maximum atomic E-state index is 5.81.